The van der Waals surface area contributed by atoms with Crippen LogP contribution in [-0.4, -0.2) is 14.7 Å². The highest BCUT2D eigenvalue weighted by Gasteiger charge is 2.09. The summed E-state index contributed by atoms with van der Waals surface area (Å²) in [4.78, 5) is 4.16. The van der Waals surface area contributed by atoms with E-state index in [1.165, 1.54) is 32.1 Å². The second-order valence-electron chi connectivity index (χ2n) is 4.54. The van der Waals surface area contributed by atoms with Crippen LogP contribution in [0.5, 0.6) is 0 Å². The van der Waals surface area contributed by atoms with Crippen molar-refractivity contribution in [2.75, 3.05) is 0 Å². The third-order valence-electron chi connectivity index (χ3n) is 2.90. The van der Waals surface area contributed by atoms with Crippen molar-refractivity contribution < 1.29 is 5.11 Å². The first kappa shape index (κ1) is 13.2. The molecule has 3 nitrogen and oxygen atoms in total. The van der Waals surface area contributed by atoms with Gasteiger partial charge in [0.1, 0.15) is 0 Å². The van der Waals surface area contributed by atoms with Gasteiger partial charge in [-0.05, 0) is 6.42 Å². The lowest BCUT2D eigenvalue weighted by atomic mass is 10.1. The summed E-state index contributed by atoms with van der Waals surface area (Å²) in [7, 11) is 1.92. The third-order valence-corrected chi connectivity index (χ3v) is 2.90. The molecular weight excluding hydrogens is 200 g/mol. The Morgan fingerprint density at radius 1 is 1.25 bits per heavy atom. The molecule has 0 saturated heterocycles. The minimum absolute atomic E-state index is 0.382. The van der Waals surface area contributed by atoms with Gasteiger partial charge in [-0.25, -0.2) is 4.98 Å². The maximum Gasteiger partial charge on any atom is 0.0975 e. The number of imidazole rings is 1. The van der Waals surface area contributed by atoms with Crippen LogP contribution in [-0.2, 0) is 7.05 Å². The highest BCUT2D eigenvalue weighted by Crippen LogP contribution is 2.18. The van der Waals surface area contributed by atoms with Gasteiger partial charge < -0.3 is 9.67 Å². The molecule has 0 aliphatic carbocycles. The average Bonchev–Trinajstić information content (AvgIpc) is 2.70. The Kier molecular flexibility index (Phi) is 6.16. The minimum Gasteiger partial charge on any atom is -0.387 e. The third kappa shape index (κ3) is 4.79. The van der Waals surface area contributed by atoms with Gasteiger partial charge in [0.2, 0.25) is 0 Å². The van der Waals surface area contributed by atoms with Crippen LogP contribution in [0.2, 0.25) is 0 Å². The van der Waals surface area contributed by atoms with Gasteiger partial charge in [0.25, 0.3) is 0 Å². The number of hydrogen-bond donors (Lipinski definition) is 1. The topological polar surface area (TPSA) is 38.0 Å². The van der Waals surface area contributed by atoms with E-state index in [1.807, 2.05) is 17.8 Å². The zero-order valence-electron chi connectivity index (χ0n) is 10.5. The Hall–Kier alpha value is -0.830. The average molecular weight is 224 g/mol. The monoisotopic (exact) mass is 224 g/mol. The molecule has 0 bridgehead atoms. The summed E-state index contributed by atoms with van der Waals surface area (Å²) in [5.41, 5.74) is 0.802. The van der Waals surface area contributed by atoms with E-state index >= 15 is 0 Å². The molecule has 1 unspecified atom stereocenters. The van der Waals surface area contributed by atoms with Crippen molar-refractivity contribution in [3.05, 3.63) is 18.2 Å². The van der Waals surface area contributed by atoms with Crippen LogP contribution in [0.1, 0.15) is 63.7 Å². The fourth-order valence-electron chi connectivity index (χ4n) is 1.87. The Morgan fingerprint density at radius 3 is 2.56 bits per heavy atom. The van der Waals surface area contributed by atoms with Gasteiger partial charge in [-0.2, -0.15) is 0 Å². The molecule has 1 aromatic rings. The summed E-state index contributed by atoms with van der Waals surface area (Å²) in [5, 5.41) is 9.86. The van der Waals surface area contributed by atoms with E-state index in [-0.39, 0.29) is 6.10 Å². The molecule has 0 radical (unpaired) electrons. The summed E-state index contributed by atoms with van der Waals surface area (Å²) in [5.74, 6) is 0. The molecule has 92 valence electrons. The summed E-state index contributed by atoms with van der Waals surface area (Å²) in [6.07, 6.45) is 11.7. The maximum atomic E-state index is 9.86. The lowest BCUT2D eigenvalue weighted by molar-refractivity contribution is 0.159. The molecule has 1 heterocycles. The van der Waals surface area contributed by atoms with Crippen molar-refractivity contribution >= 4 is 0 Å². The first-order valence-electron chi connectivity index (χ1n) is 6.40. The molecule has 0 spiro atoms. The van der Waals surface area contributed by atoms with Crippen LogP contribution < -0.4 is 0 Å². The lowest BCUT2D eigenvalue weighted by Crippen LogP contribution is -1.97. The summed E-state index contributed by atoms with van der Waals surface area (Å²) >= 11 is 0. The van der Waals surface area contributed by atoms with Gasteiger partial charge in [-0.15, -0.1) is 0 Å². The van der Waals surface area contributed by atoms with Crippen LogP contribution in [0.15, 0.2) is 12.5 Å². The van der Waals surface area contributed by atoms with Gasteiger partial charge in [0, 0.05) is 13.2 Å². The predicted octanol–water partition coefficient (Wildman–Crippen LogP) is 3.20. The lowest BCUT2D eigenvalue weighted by Gasteiger charge is -2.07. The van der Waals surface area contributed by atoms with Crippen LogP contribution in [0.25, 0.3) is 0 Å². The van der Waals surface area contributed by atoms with Gasteiger partial charge >= 0.3 is 0 Å². The minimum atomic E-state index is -0.382. The molecule has 0 saturated carbocycles. The second-order valence-corrected chi connectivity index (χ2v) is 4.54. The zero-order chi connectivity index (χ0) is 11.8. The van der Waals surface area contributed by atoms with E-state index in [1.54, 1.807) is 6.33 Å². The van der Waals surface area contributed by atoms with Gasteiger partial charge in [-0.3, -0.25) is 0 Å². The molecule has 0 aliphatic rings. The molecule has 3 heteroatoms. The number of nitrogens with zero attached hydrogens (tertiary/aromatic N) is 2. The first-order valence-corrected chi connectivity index (χ1v) is 6.40. The van der Waals surface area contributed by atoms with Gasteiger partial charge in [0.05, 0.1) is 18.1 Å². The summed E-state index contributed by atoms with van der Waals surface area (Å²) in [6.45, 7) is 2.23. The number of unbranched alkanes of at least 4 members (excludes halogenated alkanes) is 5. The van der Waals surface area contributed by atoms with Crippen molar-refractivity contribution in [2.45, 2.75) is 58.0 Å². The van der Waals surface area contributed by atoms with E-state index in [0.29, 0.717) is 0 Å². The van der Waals surface area contributed by atoms with E-state index in [4.69, 9.17) is 0 Å². The zero-order valence-corrected chi connectivity index (χ0v) is 10.5. The molecule has 1 atom stereocenters. The van der Waals surface area contributed by atoms with E-state index in [9.17, 15) is 5.11 Å². The van der Waals surface area contributed by atoms with E-state index in [0.717, 1.165) is 18.5 Å². The fraction of sp³-hybridized carbons (Fsp3) is 0.769. The quantitative estimate of drug-likeness (QED) is 0.689. The maximum absolute atomic E-state index is 9.86. The highest BCUT2D eigenvalue weighted by atomic mass is 16.3. The molecule has 1 rings (SSSR count). The number of rotatable bonds is 8. The van der Waals surface area contributed by atoms with Crippen molar-refractivity contribution in [1.82, 2.24) is 9.55 Å². The van der Waals surface area contributed by atoms with Crippen molar-refractivity contribution in [3.8, 4) is 0 Å². The van der Waals surface area contributed by atoms with Crippen molar-refractivity contribution in [2.24, 2.45) is 7.05 Å². The molecule has 0 aliphatic heterocycles. The molecule has 1 N–H and O–H groups in total. The second kappa shape index (κ2) is 7.44. The largest absolute Gasteiger partial charge is 0.387 e. The predicted molar refractivity (Wildman–Crippen MR) is 66.2 cm³/mol. The van der Waals surface area contributed by atoms with Crippen molar-refractivity contribution in [3.63, 3.8) is 0 Å². The number of aryl methyl sites for hydroxylation is 1. The molecule has 0 fully saturated rings. The normalized spacial score (nSPS) is 12.9. The standard InChI is InChI=1S/C13H24N2O/c1-3-4-5-6-7-8-9-13(16)12-10-15(2)11-14-12/h10-11,13,16H,3-9H2,1-2H3. The molecule has 16 heavy (non-hydrogen) atoms. The van der Waals surface area contributed by atoms with Crippen LogP contribution in [0, 0.1) is 0 Å². The van der Waals surface area contributed by atoms with Crippen LogP contribution in [0.3, 0.4) is 0 Å². The Morgan fingerprint density at radius 2 is 1.94 bits per heavy atom. The van der Waals surface area contributed by atoms with Crippen LogP contribution >= 0.6 is 0 Å². The summed E-state index contributed by atoms with van der Waals surface area (Å²) < 4.78 is 1.87. The first-order chi connectivity index (χ1) is 7.74. The summed E-state index contributed by atoms with van der Waals surface area (Å²) in [6, 6.07) is 0. The Bertz CT molecular complexity index is 283. The number of aliphatic hydroxyl groups is 1. The SMILES string of the molecule is CCCCCCCCC(O)c1cn(C)cn1. The molecular formula is C13H24N2O. The van der Waals surface area contributed by atoms with E-state index < -0.39 is 0 Å². The Balaban J connectivity index is 2.09. The van der Waals surface area contributed by atoms with Gasteiger partial charge in [-0.1, -0.05) is 45.4 Å². The van der Waals surface area contributed by atoms with Gasteiger partial charge in [0.15, 0.2) is 0 Å². The molecule has 0 aromatic carbocycles. The fourth-order valence-corrected chi connectivity index (χ4v) is 1.87. The smallest absolute Gasteiger partial charge is 0.0975 e. The van der Waals surface area contributed by atoms with E-state index in [2.05, 4.69) is 11.9 Å². The molecule has 1 aromatic heterocycles. The molecule has 0 amide bonds. The number of hydrogen-bond acceptors (Lipinski definition) is 2. The van der Waals surface area contributed by atoms with Crippen LogP contribution in [0.4, 0.5) is 0 Å². The number of aliphatic hydroxyl groups excluding tert-OH is 1. The van der Waals surface area contributed by atoms with Crippen molar-refractivity contribution in [1.29, 1.82) is 0 Å². The number of aromatic nitrogens is 2. The Labute approximate surface area is 98.5 Å². The highest BCUT2D eigenvalue weighted by molar-refractivity contribution is 5.00.